The molecule has 5 heteroatoms. The van der Waals surface area contributed by atoms with E-state index in [2.05, 4.69) is 9.97 Å². The van der Waals surface area contributed by atoms with Crippen molar-refractivity contribution in [3.8, 4) is 22.9 Å². The molecule has 0 bridgehead atoms. The third kappa shape index (κ3) is 2.33. The van der Waals surface area contributed by atoms with Crippen LogP contribution in [0.1, 0.15) is 10.4 Å². The standard InChI is InChI=1S/C16H14N2O3/c1-20-15-7-10(3-4-11(15)9-19)13-8-14-12(17-13)5-6-16(18-14)21-2/h3-9,17H,1-2H3. The number of carbonyl (C=O) groups is 1. The highest BCUT2D eigenvalue weighted by Crippen LogP contribution is 2.28. The summed E-state index contributed by atoms with van der Waals surface area (Å²) in [6.45, 7) is 0. The molecule has 0 atom stereocenters. The number of aldehydes is 1. The molecular weight excluding hydrogens is 268 g/mol. The number of nitrogens with one attached hydrogen (secondary N) is 1. The fourth-order valence-corrected chi connectivity index (χ4v) is 2.24. The van der Waals surface area contributed by atoms with E-state index in [1.807, 2.05) is 24.3 Å². The predicted octanol–water partition coefficient (Wildman–Crippen LogP) is 3.06. The van der Waals surface area contributed by atoms with Gasteiger partial charge in [0.05, 0.1) is 30.8 Å². The van der Waals surface area contributed by atoms with Crippen LogP contribution in [0.25, 0.3) is 22.3 Å². The number of nitrogens with zero attached hydrogens (tertiary/aromatic N) is 1. The zero-order chi connectivity index (χ0) is 14.8. The van der Waals surface area contributed by atoms with Gasteiger partial charge in [-0.1, -0.05) is 6.07 Å². The molecule has 0 fully saturated rings. The normalized spacial score (nSPS) is 10.6. The van der Waals surface area contributed by atoms with Crippen LogP contribution in [0.3, 0.4) is 0 Å². The van der Waals surface area contributed by atoms with Crippen molar-refractivity contribution in [2.75, 3.05) is 14.2 Å². The molecule has 1 N–H and O–H groups in total. The van der Waals surface area contributed by atoms with Gasteiger partial charge < -0.3 is 14.5 Å². The van der Waals surface area contributed by atoms with Crippen LogP contribution in [-0.2, 0) is 0 Å². The number of hydrogen-bond acceptors (Lipinski definition) is 4. The lowest BCUT2D eigenvalue weighted by atomic mass is 10.1. The molecule has 0 spiro atoms. The highest BCUT2D eigenvalue weighted by atomic mass is 16.5. The smallest absolute Gasteiger partial charge is 0.213 e. The molecule has 0 amide bonds. The summed E-state index contributed by atoms with van der Waals surface area (Å²) in [6.07, 6.45) is 0.778. The Morgan fingerprint density at radius 1 is 1.10 bits per heavy atom. The van der Waals surface area contributed by atoms with Crippen molar-refractivity contribution < 1.29 is 14.3 Å². The molecule has 0 radical (unpaired) electrons. The van der Waals surface area contributed by atoms with E-state index in [4.69, 9.17) is 9.47 Å². The highest BCUT2D eigenvalue weighted by molar-refractivity contribution is 5.85. The largest absolute Gasteiger partial charge is 0.496 e. The second kappa shape index (κ2) is 5.28. The first-order valence-corrected chi connectivity index (χ1v) is 6.42. The number of aromatic amines is 1. The first-order chi connectivity index (χ1) is 10.2. The Bertz CT molecular complexity index is 808. The van der Waals surface area contributed by atoms with Crippen LogP contribution in [-0.4, -0.2) is 30.5 Å². The lowest BCUT2D eigenvalue weighted by Gasteiger charge is -2.05. The number of H-pyrrole nitrogens is 1. The maximum absolute atomic E-state index is 10.9. The van der Waals surface area contributed by atoms with Crippen molar-refractivity contribution in [3.05, 3.63) is 42.0 Å². The summed E-state index contributed by atoms with van der Waals surface area (Å²) in [5, 5.41) is 0. The van der Waals surface area contributed by atoms with Gasteiger partial charge in [-0.25, -0.2) is 4.98 Å². The van der Waals surface area contributed by atoms with Crippen molar-refractivity contribution in [2.45, 2.75) is 0 Å². The van der Waals surface area contributed by atoms with Crippen LogP contribution in [0.4, 0.5) is 0 Å². The Balaban J connectivity index is 2.09. The van der Waals surface area contributed by atoms with Gasteiger partial charge in [0.25, 0.3) is 0 Å². The SMILES string of the molecule is COc1ccc2[nH]c(-c3ccc(C=O)c(OC)c3)cc2n1. The second-order valence-corrected chi connectivity index (χ2v) is 4.54. The van der Waals surface area contributed by atoms with E-state index in [0.29, 0.717) is 17.2 Å². The minimum atomic E-state index is 0.525. The zero-order valence-corrected chi connectivity index (χ0v) is 11.7. The Labute approximate surface area is 121 Å². The molecule has 1 aromatic carbocycles. The van der Waals surface area contributed by atoms with Crippen LogP contribution in [0.15, 0.2) is 36.4 Å². The maximum Gasteiger partial charge on any atom is 0.213 e. The van der Waals surface area contributed by atoms with Gasteiger partial charge in [0.2, 0.25) is 5.88 Å². The molecular formula is C16H14N2O3. The van der Waals surface area contributed by atoms with Gasteiger partial charge in [-0.05, 0) is 24.3 Å². The number of fused-ring (bicyclic) bond motifs is 1. The van der Waals surface area contributed by atoms with Gasteiger partial charge in [-0.2, -0.15) is 0 Å². The predicted molar refractivity (Wildman–Crippen MR) is 80.0 cm³/mol. The number of ether oxygens (including phenoxy) is 2. The number of aromatic nitrogens is 2. The molecule has 0 aliphatic rings. The van der Waals surface area contributed by atoms with E-state index in [-0.39, 0.29) is 0 Å². The molecule has 0 saturated heterocycles. The summed E-state index contributed by atoms with van der Waals surface area (Å²) in [4.78, 5) is 18.6. The quantitative estimate of drug-likeness (QED) is 0.747. The molecule has 0 aliphatic carbocycles. The van der Waals surface area contributed by atoms with Crippen molar-refractivity contribution in [3.63, 3.8) is 0 Å². The Morgan fingerprint density at radius 3 is 2.67 bits per heavy atom. The molecule has 0 aliphatic heterocycles. The highest BCUT2D eigenvalue weighted by Gasteiger charge is 2.09. The van der Waals surface area contributed by atoms with E-state index < -0.39 is 0 Å². The summed E-state index contributed by atoms with van der Waals surface area (Å²) in [6, 6.07) is 11.1. The third-order valence-corrected chi connectivity index (χ3v) is 3.33. The molecule has 3 rings (SSSR count). The lowest BCUT2D eigenvalue weighted by Crippen LogP contribution is -1.91. The van der Waals surface area contributed by atoms with Crippen molar-refractivity contribution in [1.29, 1.82) is 0 Å². The van der Waals surface area contributed by atoms with Gasteiger partial charge >= 0.3 is 0 Å². The van der Waals surface area contributed by atoms with E-state index in [9.17, 15) is 4.79 Å². The van der Waals surface area contributed by atoms with Crippen molar-refractivity contribution in [1.82, 2.24) is 9.97 Å². The summed E-state index contributed by atoms with van der Waals surface area (Å²) in [7, 11) is 3.13. The minimum absolute atomic E-state index is 0.525. The van der Waals surface area contributed by atoms with Crippen LogP contribution in [0.5, 0.6) is 11.6 Å². The van der Waals surface area contributed by atoms with Crippen LogP contribution >= 0.6 is 0 Å². The molecule has 5 nitrogen and oxygen atoms in total. The number of hydrogen-bond donors (Lipinski definition) is 1. The molecule has 2 aromatic heterocycles. The first kappa shape index (κ1) is 13.2. The van der Waals surface area contributed by atoms with Crippen molar-refractivity contribution in [2.24, 2.45) is 0 Å². The molecule has 3 aromatic rings. The minimum Gasteiger partial charge on any atom is -0.496 e. The topological polar surface area (TPSA) is 64.2 Å². The second-order valence-electron chi connectivity index (χ2n) is 4.54. The molecule has 21 heavy (non-hydrogen) atoms. The average molecular weight is 282 g/mol. The molecule has 0 unspecified atom stereocenters. The third-order valence-electron chi connectivity index (χ3n) is 3.33. The monoisotopic (exact) mass is 282 g/mol. The number of benzene rings is 1. The van der Waals surface area contributed by atoms with E-state index >= 15 is 0 Å². The van der Waals surface area contributed by atoms with Crippen LogP contribution < -0.4 is 9.47 Å². The summed E-state index contributed by atoms with van der Waals surface area (Å²) in [5.41, 5.74) is 4.10. The van der Waals surface area contributed by atoms with Gasteiger partial charge in [0, 0.05) is 17.3 Å². The van der Waals surface area contributed by atoms with Gasteiger partial charge in [0.1, 0.15) is 5.75 Å². The van der Waals surface area contributed by atoms with E-state index in [1.54, 1.807) is 26.4 Å². The molecule has 106 valence electrons. The average Bonchev–Trinajstić information content (AvgIpc) is 2.96. The fourth-order valence-electron chi connectivity index (χ4n) is 2.24. The van der Waals surface area contributed by atoms with E-state index in [1.165, 1.54) is 0 Å². The maximum atomic E-state index is 10.9. The zero-order valence-electron chi connectivity index (χ0n) is 11.7. The fraction of sp³-hybridized carbons (Fsp3) is 0.125. The number of carbonyl (C=O) groups excluding carboxylic acids is 1. The van der Waals surface area contributed by atoms with Gasteiger partial charge in [-0.3, -0.25) is 4.79 Å². The summed E-state index contributed by atoms with van der Waals surface area (Å²) < 4.78 is 10.3. The Hall–Kier alpha value is -2.82. The number of pyridine rings is 1. The number of rotatable bonds is 4. The lowest BCUT2D eigenvalue weighted by molar-refractivity contribution is 0.112. The van der Waals surface area contributed by atoms with Gasteiger partial charge in [0.15, 0.2) is 6.29 Å². The number of methoxy groups -OCH3 is 2. The summed E-state index contributed by atoms with van der Waals surface area (Å²) >= 11 is 0. The first-order valence-electron chi connectivity index (χ1n) is 6.42. The van der Waals surface area contributed by atoms with Gasteiger partial charge in [-0.15, -0.1) is 0 Å². The van der Waals surface area contributed by atoms with Crippen molar-refractivity contribution >= 4 is 17.3 Å². The van der Waals surface area contributed by atoms with E-state index in [0.717, 1.165) is 28.6 Å². The Kier molecular flexibility index (Phi) is 3.31. The van der Waals surface area contributed by atoms with Crippen LogP contribution in [0.2, 0.25) is 0 Å². The molecule has 2 heterocycles. The Morgan fingerprint density at radius 2 is 1.95 bits per heavy atom. The van der Waals surface area contributed by atoms with Crippen LogP contribution in [0, 0.1) is 0 Å². The molecule has 0 saturated carbocycles. The summed E-state index contributed by atoms with van der Waals surface area (Å²) in [5.74, 6) is 1.12.